The third-order valence-corrected chi connectivity index (χ3v) is 4.07. The first-order chi connectivity index (χ1) is 11.8. The average Bonchev–Trinajstić information content (AvgIpc) is 2.85. The normalized spacial score (nSPS) is 11.1. The highest BCUT2D eigenvalue weighted by molar-refractivity contribution is 6.33. The lowest BCUT2D eigenvalue weighted by molar-refractivity contribution is 0.262. The van der Waals surface area contributed by atoms with Crippen LogP contribution in [0.3, 0.4) is 0 Å². The number of carbonyl (C=O) groups is 1. The van der Waals surface area contributed by atoms with E-state index in [9.17, 15) is 9.59 Å². The number of hydrogen-bond acceptors (Lipinski definition) is 3. The average molecular weight is 360 g/mol. The molecule has 3 aromatic rings. The van der Waals surface area contributed by atoms with Gasteiger partial charge in [-0.3, -0.25) is 4.57 Å². The van der Waals surface area contributed by atoms with Crippen molar-refractivity contribution in [3.05, 3.63) is 57.5 Å². The van der Waals surface area contributed by atoms with Gasteiger partial charge >= 0.3 is 11.8 Å². The molecule has 0 fully saturated rings. The van der Waals surface area contributed by atoms with Crippen molar-refractivity contribution in [3.8, 4) is 0 Å². The first-order valence-corrected chi connectivity index (χ1v) is 8.22. The fourth-order valence-corrected chi connectivity index (χ4v) is 2.89. The number of urea groups is 1. The van der Waals surface area contributed by atoms with Crippen molar-refractivity contribution in [1.29, 1.82) is 0 Å². The van der Waals surface area contributed by atoms with Crippen LogP contribution in [0.25, 0.3) is 11.1 Å². The Labute approximate surface area is 149 Å². The molecular formula is C18H18ClN3O3. The summed E-state index contributed by atoms with van der Waals surface area (Å²) in [7, 11) is 0. The summed E-state index contributed by atoms with van der Waals surface area (Å²) in [6.07, 6.45) is 0. The van der Waals surface area contributed by atoms with Crippen molar-refractivity contribution in [2.75, 3.05) is 10.6 Å². The van der Waals surface area contributed by atoms with Gasteiger partial charge in [-0.2, -0.15) is 0 Å². The summed E-state index contributed by atoms with van der Waals surface area (Å²) in [5, 5.41) is 5.86. The molecule has 7 heteroatoms. The van der Waals surface area contributed by atoms with Crippen LogP contribution in [0, 0.1) is 6.92 Å². The highest BCUT2D eigenvalue weighted by Gasteiger charge is 2.13. The molecule has 2 amide bonds. The minimum atomic E-state index is -0.434. The number of nitrogens with zero attached hydrogens (tertiary/aromatic N) is 1. The summed E-state index contributed by atoms with van der Waals surface area (Å²) >= 11 is 6.11. The first kappa shape index (κ1) is 17.1. The Balaban J connectivity index is 1.80. The van der Waals surface area contributed by atoms with E-state index in [2.05, 4.69) is 10.6 Å². The maximum Gasteiger partial charge on any atom is 0.420 e. The van der Waals surface area contributed by atoms with Crippen LogP contribution in [0.1, 0.15) is 25.5 Å². The number of benzene rings is 2. The number of hydrogen-bond donors (Lipinski definition) is 2. The van der Waals surface area contributed by atoms with Gasteiger partial charge in [-0.15, -0.1) is 0 Å². The van der Waals surface area contributed by atoms with Gasteiger partial charge in [0.2, 0.25) is 0 Å². The highest BCUT2D eigenvalue weighted by Crippen LogP contribution is 2.24. The summed E-state index contributed by atoms with van der Waals surface area (Å²) in [6.45, 7) is 5.73. The van der Waals surface area contributed by atoms with Gasteiger partial charge in [0, 0.05) is 17.8 Å². The molecule has 2 aromatic carbocycles. The molecule has 0 atom stereocenters. The number of aromatic nitrogens is 1. The van der Waals surface area contributed by atoms with E-state index in [0.29, 0.717) is 27.5 Å². The summed E-state index contributed by atoms with van der Waals surface area (Å²) in [6, 6.07) is 9.99. The molecule has 1 aromatic heterocycles. The minimum absolute atomic E-state index is 0.0143. The van der Waals surface area contributed by atoms with Gasteiger partial charge in [-0.25, -0.2) is 9.59 Å². The number of amides is 2. The number of halogens is 1. The number of carbonyl (C=O) groups excluding carboxylic acids is 1. The van der Waals surface area contributed by atoms with Gasteiger partial charge in [-0.1, -0.05) is 17.7 Å². The number of anilines is 2. The van der Waals surface area contributed by atoms with E-state index in [-0.39, 0.29) is 6.04 Å². The lowest BCUT2D eigenvalue weighted by Crippen LogP contribution is -2.19. The molecule has 0 radical (unpaired) electrons. The number of aryl methyl sites for hydroxylation is 1. The molecule has 0 saturated heterocycles. The predicted octanol–water partition coefficient (Wildman–Crippen LogP) is 4.78. The molecule has 1 heterocycles. The molecule has 0 saturated carbocycles. The van der Waals surface area contributed by atoms with E-state index in [4.69, 9.17) is 16.0 Å². The third kappa shape index (κ3) is 3.53. The SMILES string of the molecule is Cc1ccc(NC(=O)Nc2ccc3c(c2)oc(=O)n3C(C)C)c(Cl)c1. The summed E-state index contributed by atoms with van der Waals surface area (Å²) in [5.41, 5.74) is 3.14. The van der Waals surface area contributed by atoms with Crippen molar-refractivity contribution in [3.63, 3.8) is 0 Å². The number of nitrogens with one attached hydrogen (secondary N) is 2. The molecule has 130 valence electrons. The largest absolute Gasteiger partial charge is 0.420 e. The molecule has 6 nitrogen and oxygen atoms in total. The van der Waals surface area contributed by atoms with Crippen molar-refractivity contribution in [2.45, 2.75) is 26.8 Å². The van der Waals surface area contributed by atoms with Crippen molar-refractivity contribution in [2.24, 2.45) is 0 Å². The van der Waals surface area contributed by atoms with E-state index in [1.54, 1.807) is 34.9 Å². The second-order valence-corrected chi connectivity index (χ2v) is 6.48. The maximum absolute atomic E-state index is 12.2. The number of oxazole rings is 1. The Bertz CT molecular complexity index is 1000. The predicted molar refractivity (Wildman–Crippen MR) is 99.7 cm³/mol. The second kappa shape index (κ2) is 6.64. The lowest BCUT2D eigenvalue weighted by Gasteiger charge is -2.10. The molecule has 0 aliphatic carbocycles. The smallest absolute Gasteiger partial charge is 0.408 e. The Hall–Kier alpha value is -2.73. The molecule has 0 bridgehead atoms. The zero-order chi connectivity index (χ0) is 18.1. The monoisotopic (exact) mass is 359 g/mol. The molecule has 0 aliphatic rings. The van der Waals surface area contributed by atoms with Crippen molar-refractivity contribution >= 4 is 40.1 Å². The lowest BCUT2D eigenvalue weighted by atomic mass is 10.2. The van der Waals surface area contributed by atoms with E-state index < -0.39 is 11.8 Å². The van der Waals surface area contributed by atoms with Crippen LogP contribution in [0.2, 0.25) is 5.02 Å². The number of rotatable bonds is 3. The minimum Gasteiger partial charge on any atom is -0.408 e. The van der Waals surface area contributed by atoms with Crippen LogP contribution in [0.4, 0.5) is 16.2 Å². The van der Waals surface area contributed by atoms with Crippen LogP contribution in [-0.4, -0.2) is 10.6 Å². The molecule has 2 N–H and O–H groups in total. The Kier molecular flexibility index (Phi) is 4.55. The van der Waals surface area contributed by atoms with E-state index in [1.165, 1.54) is 0 Å². The van der Waals surface area contributed by atoms with Gasteiger partial charge in [0.25, 0.3) is 0 Å². The molecule has 0 aliphatic heterocycles. The molecule has 0 unspecified atom stereocenters. The topological polar surface area (TPSA) is 76.3 Å². The highest BCUT2D eigenvalue weighted by atomic mass is 35.5. The Morgan fingerprint density at radius 2 is 1.92 bits per heavy atom. The van der Waals surface area contributed by atoms with E-state index in [0.717, 1.165) is 5.56 Å². The standard InChI is InChI=1S/C18H18ClN3O3/c1-10(2)22-15-7-5-12(9-16(15)25-18(22)24)20-17(23)21-14-6-4-11(3)8-13(14)19/h4-10H,1-3H3,(H2,20,21,23). The van der Waals surface area contributed by atoms with Gasteiger partial charge in [-0.05, 0) is 50.6 Å². The van der Waals surface area contributed by atoms with Gasteiger partial charge in [0.15, 0.2) is 5.58 Å². The van der Waals surface area contributed by atoms with Crippen molar-refractivity contribution in [1.82, 2.24) is 4.57 Å². The quantitative estimate of drug-likeness (QED) is 0.706. The zero-order valence-corrected chi connectivity index (χ0v) is 14.8. The fourth-order valence-electron chi connectivity index (χ4n) is 2.61. The zero-order valence-electron chi connectivity index (χ0n) is 14.1. The Morgan fingerprint density at radius 1 is 1.16 bits per heavy atom. The number of fused-ring (bicyclic) bond motifs is 1. The molecule has 0 spiro atoms. The van der Waals surface area contributed by atoms with Crippen LogP contribution in [0.15, 0.2) is 45.6 Å². The second-order valence-electron chi connectivity index (χ2n) is 6.08. The van der Waals surface area contributed by atoms with Crippen LogP contribution in [0.5, 0.6) is 0 Å². The van der Waals surface area contributed by atoms with Gasteiger partial charge in [0.1, 0.15) is 0 Å². The molecular weight excluding hydrogens is 342 g/mol. The van der Waals surface area contributed by atoms with Crippen molar-refractivity contribution < 1.29 is 9.21 Å². The molecule has 25 heavy (non-hydrogen) atoms. The van der Waals surface area contributed by atoms with E-state index in [1.807, 2.05) is 26.8 Å². The molecule has 3 rings (SSSR count). The Morgan fingerprint density at radius 3 is 2.60 bits per heavy atom. The maximum atomic E-state index is 12.2. The van der Waals surface area contributed by atoms with E-state index >= 15 is 0 Å². The summed E-state index contributed by atoms with van der Waals surface area (Å²) < 4.78 is 6.81. The van der Waals surface area contributed by atoms with Gasteiger partial charge in [0.05, 0.1) is 16.2 Å². The van der Waals surface area contributed by atoms with Gasteiger partial charge < -0.3 is 15.1 Å². The first-order valence-electron chi connectivity index (χ1n) is 7.84. The summed E-state index contributed by atoms with van der Waals surface area (Å²) in [4.78, 5) is 24.1. The van der Waals surface area contributed by atoms with Crippen LogP contribution < -0.4 is 16.4 Å². The van der Waals surface area contributed by atoms with Crippen LogP contribution in [-0.2, 0) is 0 Å². The summed E-state index contributed by atoms with van der Waals surface area (Å²) in [5.74, 6) is -0.418. The fraction of sp³-hybridized carbons (Fsp3) is 0.222. The third-order valence-electron chi connectivity index (χ3n) is 3.76. The van der Waals surface area contributed by atoms with Crippen LogP contribution >= 0.6 is 11.6 Å².